The molecule has 0 amide bonds. The molecule has 2 unspecified atom stereocenters. The molecule has 0 aliphatic carbocycles. The first-order valence-corrected chi connectivity index (χ1v) is 10.3. The second-order valence-electron chi connectivity index (χ2n) is 7.96. The molecule has 0 saturated carbocycles. The number of nitrogens with zero attached hydrogens (tertiary/aromatic N) is 3. The number of rotatable bonds is 6. The zero-order valence-corrected chi connectivity index (χ0v) is 16.9. The van der Waals surface area contributed by atoms with Gasteiger partial charge in [0.1, 0.15) is 5.78 Å². The third-order valence-corrected chi connectivity index (χ3v) is 6.31. The average Bonchev–Trinajstić information content (AvgIpc) is 2.64. The van der Waals surface area contributed by atoms with Crippen LogP contribution in [-0.2, 0) is 4.79 Å². The van der Waals surface area contributed by atoms with E-state index in [1.165, 1.54) is 44.7 Å². The van der Waals surface area contributed by atoms with Gasteiger partial charge in [0, 0.05) is 43.7 Å². The van der Waals surface area contributed by atoms with Crippen LogP contribution in [0.4, 0.5) is 0 Å². The van der Waals surface area contributed by atoms with E-state index in [1.54, 1.807) is 6.92 Å². The molecule has 2 heterocycles. The van der Waals surface area contributed by atoms with E-state index in [2.05, 4.69) is 33.9 Å². The smallest absolute Gasteiger partial charge is 0.134 e. The van der Waals surface area contributed by atoms with E-state index in [4.69, 9.17) is 11.6 Å². The Balaban J connectivity index is 1.49. The van der Waals surface area contributed by atoms with Gasteiger partial charge in [-0.15, -0.1) is 0 Å². The summed E-state index contributed by atoms with van der Waals surface area (Å²) in [5, 5.41) is 0.759. The van der Waals surface area contributed by atoms with Gasteiger partial charge in [-0.3, -0.25) is 4.79 Å². The lowest BCUT2D eigenvalue weighted by atomic mass is 9.78. The van der Waals surface area contributed by atoms with Crippen molar-refractivity contribution in [2.75, 3.05) is 59.4 Å². The summed E-state index contributed by atoms with van der Waals surface area (Å²) in [7, 11) is 2.20. The molecule has 3 rings (SSSR count). The monoisotopic (exact) mass is 377 g/mol. The summed E-state index contributed by atoms with van der Waals surface area (Å²) in [5.74, 6) is 0.751. The summed E-state index contributed by atoms with van der Waals surface area (Å²) in [4.78, 5) is 19.7. The SMILES string of the molecule is CC(=O)C1CN(CCCN2CCN(C)CC2)CCC1c1ccc(Cl)cc1. The standard InChI is InChI=1S/C21H32ClN3O/c1-17(26)21-16-25(10-3-9-24-14-12-23(2)13-15-24)11-8-20(21)18-4-6-19(22)7-5-18/h4-7,20-21H,3,8-16H2,1-2H3. The maximum atomic E-state index is 12.3. The Labute approximate surface area is 163 Å². The Morgan fingerprint density at radius 1 is 1.04 bits per heavy atom. The third-order valence-electron chi connectivity index (χ3n) is 6.06. The highest BCUT2D eigenvalue weighted by Gasteiger charge is 2.33. The van der Waals surface area contributed by atoms with Gasteiger partial charge >= 0.3 is 0 Å². The van der Waals surface area contributed by atoms with Gasteiger partial charge in [-0.1, -0.05) is 23.7 Å². The summed E-state index contributed by atoms with van der Waals surface area (Å²) >= 11 is 6.02. The number of halogens is 1. The predicted octanol–water partition coefficient (Wildman–Crippen LogP) is 2.97. The number of hydrogen-bond acceptors (Lipinski definition) is 4. The highest BCUT2D eigenvalue weighted by Crippen LogP contribution is 2.34. The largest absolute Gasteiger partial charge is 0.304 e. The zero-order valence-electron chi connectivity index (χ0n) is 16.2. The van der Waals surface area contributed by atoms with Crippen LogP contribution in [0.3, 0.4) is 0 Å². The normalized spacial score (nSPS) is 26.1. The molecule has 2 saturated heterocycles. The van der Waals surface area contributed by atoms with Crippen LogP contribution in [0.1, 0.15) is 31.2 Å². The van der Waals surface area contributed by atoms with Crippen molar-refractivity contribution in [3.63, 3.8) is 0 Å². The second kappa shape index (κ2) is 9.32. The molecule has 1 aromatic carbocycles. The number of ketones is 1. The number of likely N-dealkylation sites (N-methyl/N-ethyl adjacent to an activating group) is 1. The summed E-state index contributed by atoms with van der Waals surface area (Å²) in [6.45, 7) is 10.7. The highest BCUT2D eigenvalue weighted by molar-refractivity contribution is 6.30. The van der Waals surface area contributed by atoms with E-state index < -0.39 is 0 Å². The maximum absolute atomic E-state index is 12.3. The molecule has 144 valence electrons. The Kier molecular flexibility index (Phi) is 7.10. The molecule has 2 fully saturated rings. The number of carbonyl (C=O) groups excluding carboxylic acids is 1. The van der Waals surface area contributed by atoms with Crippen LogP contribution < -0.4 is 0 Å². The van der Waals surface area contributed by atoms with Gasteiger partial charge in [-0.05, 0) is 70.1 Å². The number of piperazine rings is 1. The van der Waals surface area contributed by atoms with Gasteiger partial charge < -0.3 is 14.7 Å². The number of likely N-dealkylation sites (tertiary alicyclic amines) is 1. The third kappa shape index (κ3) is 5.29. The van der Waals surface area contributed by atoms with Gasteiger partial charge in [0.05, 0.1) is 0 Å². The first-order valence-electron chi connectivity index (χ1n) is 9.92. The van der Waals surface area contributed by atoms with E-state index >= 15 is 0 Å². The summed E-state index contributed by atoms with van der Waals surface area (Å²) in [6.07, 6.45) is 2.25. The fourth-order valence-corrected chi connectivity index (χ4v) is 4.46. The minimum absolute atomic E-state index is 0.105. The van der Waals surface area contributed by atoms with E-state index in [9.17, 15) is 4.79 Å². The van der Waals surface area contributed by atoms with Crippen LogP contribution in [0.25, 0.3) is 0 Å². The Morgan fingerprint density at radius 3 is 2.35 bits per heavy atom. The molecular weight excluding hydrogens is 346 g/mol. The molecule has 2 atom stereocenters. The zero-order chi connectivity index (χ0) is 18.5. The van der Waals surface area contributed by atoms with Crippen molar-refractivity contribution in [2.45, 2.75) is 25.7 Å². The van der Waals surface area contributed by atoms with Crippen LogP contribution in [0.2, 0.25) is 5.02 Å². The van der Waals surface area contributed by atoms with E-state index in [0.29, 0.717) is 11.7 Å². The number of hydrogen-bond donors (Lipinski definition) is 0. The van der Waals surface area contributed by atoms with E-state index in [-0.39, 0.29) is 5.92 Å². The highest BCUT2D eigenvalue weighted by atomic mass is 35.5. The number of piperidine rings is 1. The maximum Gasteiger partial charge on any atom is 0.134 e. The van der Waals surface area contributed by atoms with Gasteiger partial charge in [0.15, 0.2) is 0 Å². The average molecular weight is 378 g/mol. The molecule has 5 heteroatoms. The van der Waals surface area contributed by atoms with Crippen molar-refractivity contribution in [1.29, 1.82) is 0 Å². The topological polar surface area (TPSA) is 26.8 Å². The van der Waals surface area contributed by atoms with Crippen molar-refractivity contribution in [3.05, 3.63) is 34.9 Å². The molecule has 0 N–H and O–H groups in total. The quantitative estimate of drug-likeness (QED) is 0.761. The molecule has 1 aromatic rings. The van der Waals surface area contributed by atoms with E-state index in [1.807, 2.05) is 12.1 Å². The molecule has 26 heavy (non-hydrogen) atoms. The van der Waals surface area contributed by atoms with Crippen LogP contribution in [-0.4, -0.2) is 79.9 Å². The lowest BCUT2D eigenvalue weighted by Gasteiger charge is -2.38. The molecule has 0 aromatic heterocycles. The van der Waals surface area contributed by atoms with Crippen LogP contribution in [0.15, 0.2) is 24.3 Å². The van der Waals surface area contributed by atoms with Gasteiger partial charge in [-0.2, -0.15) is 0 Å². The predicted molar refractivity (Wildman–Crippen MR) is 108 cm³/mol. The van der Waals surface area contributed by atoms with Crippen molar-refractivity contribution in [2.24, 2.45) is 5.92 Å². The number of carbonyl (C=O) groups is 1. The summed E-state index contributed by atoms with van der Waals surface area (Å²) < 4.78 is 0. The molecular formula is C21H32ClN3O. The molecule has 4 nitrogen and oxygen atoms in total. The van der Waals surface area contributed by atoms with Crippen molar-refractivity contribution >= 4 is 17.4 Å². The van der Waals surface area contributed by atoms with Gasteiger partial charge in [0.25, 0.3) is 0 Å². The first kappa shape index (κ1) is 19.8. The van der Waals surface area contributed by atoms with Crippen LogP contribution in [0.5, 0.6) is 0 Å². The van der Waals surface area contributed by atoms with E-state index in [0.717, 1.165) is 31.1 Å². The second-order valence-corrected chi connectivity index (χ2v) is 8.40. The van der Waals surface area contributed by atoms with Crippen molar-refractivity contribution in [1.82, 2.24) is 14.7 Å². The fraction of sp³-hybridized carbons (Fsp3) is 0.667. The number of Topliss-reactive ketones (excluding diaryl/α,β-unsaturated/α-hetero) is 1. The van der Waals surface area contributed by atoms with Crippen molar-refractivity contribution < 1.29 is 4.79 Å². The minimum atomic E-state index is 0.105. The Hall–Kier alpha value is -0.940. The summed E-state index contributed by atoms with van der Waals surface area (Å²) in [6, 6.07) is 8.06. The number of benzene rings is 1. The van der Waals surface area contributed by atoms with Gasteiger partial charge in [-0.25, -0.2) is 0 Å². The lowest BCUT2D eigenvalue weighted by Crippen LogP contribution is -2.46. The minimum Gasteiger partial charge on any atom is -0.304 e. The Morgan fingerprint density at radius 2 is 1.69 bits per heavy atom. The Bertz CT molecular complexity index is 583. The fourth-order valence-electron chi connectivity index (χ4n) is 4.33. The molecule has 2 aliphatic heterocycles. The molecule has 0 bridgehead atoms. The first-order chi connectivity index (χ1) is 12.5. The molecule has 0 radical (unpaired) electrons. The lowest BCUT2D eigenvalue weighted by molar-refractivity contribution is -0.123. The molecule has 2 aliphatic rings. The van der Waals surface area contributed by atoms with Crippen LogP contribution in [0, 0.1) is 5.92 Å². The van der Waals surface area contributed by atoms with Crippen LogP contribution >= 0.6 is 11.6 Å². The van der Waals surface area contributed by atoms with Crippen molar-refractivity contribution in [3.8, 4) is 0 Å². The molecule has 0 spiro atoms. The van der Waals surface area contributed by atoms with Gasteiger partial charge in [0.2, 0.25) is 0 Å². The summed E-state index contributed by atoms with van der Waals surface area (Å²) in [5.41, 5.74) is 1.26.